The summed E-state index contributed by atoms with van der Waals surface area (Å²) in [7, 11) is 0. The molecule has 1 aromatic heterocycles. The van der Waals surface area contributed by atoms with Crippen molar-refractivity contribution in [1.29, 1.82) is 0 Å². The van der Waals surface area contributed by atoms with Crippen molar-refractivity contribution < 1.29 is 4.74 Å². The SMILES string of the molecule is c1ccc(CCC2CN(CCn3ccnc3)CCO2)cc1. The molecule has 0 aliphatic carbocycles. The fourth-order valence-electron chi connectivity index (χ4n) is 2.81. The van der Waals surface area contributed by atoms with Gasteiger partial charge in [0.05, 0.1) is 19.0 Å². The third kappa shape index (κ3) is 4.41. The van der Waals surface area contributed by atoms with E-state index in [1.165, 1.54) is 5.56 Å². The van der Waals surface area contributed by atoms with Gasteiger partial charge in [0.1, 0.15) is 0 Å². The lowest BCUT2D eigenvalue weighted by Crippen LogP contribution is -2.43. The Morgan fingerprint density at radius 2 is 2.10 bits per heavy atom. The van der Waals surface area contributed by atoms with E-state index >= 15 is 0 Å². The molecule has 4 heteroatoms. The van der Waals surface area contributed by atoms with Gasteiger partial charge in [-0.2, -0.15) is 0 Å². The van der Waals surface area contributed by atoms with E-state index in [2.05, 4.69) is 44.8 Å². The third-order valence-electron chi connectivity index (χ3n) is 4.05. The summed E-state index contributed by atoms with van der Waals surface area (Å²) in [5, 5.41) is 0. The number of hydrogen-bond acceptors (Lipinski definition) is 3. The van der Waals surface area contributed by atoms with Gasteiger partial charge in [0, 0.05) is 38.6 Å². The Morgan fingerprint density at radius 3 is 2.90 bits per heavy atom. The number of hydrogen-bond donors (Lipinski definition) is 0. The molecule has 0 radical (unpaired) electrons. The second-order valence-corrected chi connectivity index (χ2v) is 5.62. The van der Waals surface area contributed by atoms with Crippen molar-refractivity contribution >= 4 is 0 Å². The predicted octanol–water partition coefficient (Wildman–Crippen LogP) is 2.22. The van der Waals surface area contributed by atoms with Crippen LogP contribution in [0.5, 0.6) is 0 Å². The van der Waals surface area contributed by atoms with E-state index in [-0.39, 0.29) is 0 Å². The maximum Gasteiger partial charge on any atom is 0.0946 e. The van der Waals surface area contributed by atoms with E-state index < -0.39 is 0 Å². The van der Waals surface area contributed by atoms with Gasteiger partial charge in [-0.25, -0.2) is 4.98 Å². The average Bonchev–Trinajstić information content (AvgIpc) is 3.06. The van der Waals surface area contributed by atoms with Crippen LogP contribution in [0.15, 0.2) is 49.1 Å². The minimum absolute atomic E-state index is 0.363. The molecule has 2 heterocycles. The number of imidazole rings is 1. The zero-order chi connectivity index (χ0) is 14.3. The van der Waals surface area contributed by atoms with Crippen LogP contribution in [-0.2, 0) is 17.7 Å². The molecule has 21 heavy (non-hydrogen) atoms. The lowest BCUT2D eigenvalue weighted by atomic mass is 10.1. The molecule has 1 aromatic carbocycles. The molecule has 1 atom stereocenters. The van der Waals surface area contributed by atoms with E-state index in [1.54, 1.807) is 0 Å². The molecule has 0 spiro atoms. The molecule has 0 bridgehead atoms. The molecule has 2 aromatic rings. The Bertz CT molecular complexity index is 512. The van der Waals surface area contributed by atoms with Crippen molar-refractivity contribution in [3.63, 3.8) is 0 Å². The third-order valence-corrected chi connectivity index (χ3v) is 4.05. The van der Waals surface area contributed by atoms with Crippen molar-refractivity contribution in [1.82, 2.24) is 14.5 Å². The Labute approximate surface area is 126 Å². The van der Waals surface area contributed by atoms with Gasteiger partial charge in [-0.05, 0) is 18.4 Å². The maximum absolute atomic E-state index is 5.91. The van der Waals surface area contributed by atoms with E-state index in [0.29, 0.717) is 6.10 Å². The van der Waals surface area contributed by atoms with E-state index in [9.17, 15) is 0 Å². The molecule has 1 unspecified atom stereocenters. The van der Waals surface area contributed by atoms with Crippen molar-refractivity contribution in [3.05, 3.63) is 54.6 Å². The first-order valence-electron chi connectivity index (χ1n) is 7.74. The van der Waals surface area contributed by atoms with Gasteiger partial charge in [-0.15, -0.1) is 0 Å². The highest BCUT2D eigenvalue weighted by Gasteiger charge is 2.19. The molecule has 3 rings (SSSR count). The molecule has 1 aliphatic heterocycles. The van der Waals surface area contributed by atoms with Crippen molar-refractivity contribution in [2.24, 2.45) is 0 Å². The number of benzene rings is 1. The lowest BCUT2D eigenvalue weighted by Gasteiger charge is -2.33. The summed E-state index contributed by atoms with van der Waals surface area (Å²) in [4.78, 5) is 6.58. The summed E-state index contributed by atoms with van der Waals surface area (Å²) in [6.45, 7) is 5.01. The Balaban J connectivity index is 1.42. The molecule has 0 amide bonds. The predicted molar refractivity (Wildman–Crippen MR) is 83.2 cm³/mol. The molecule has 1 fully saturated rings. The molecule has 1 aliphatic rings. The molecular formula is C17H23N3O. The van der Waals surface area contributed by atoms with Crippen LogP contribution in [0.3, 0.4) is 0 Å². The lowest BCUT2D eigenvalue weighted by molar-refractivity contribution is -0.0325. The van der Waals surface area contributed by atoms with Crippen LogP contribution in [0.25, 0.3) is 0 Å². The first-order chi connectivity index (χ1) is 10.4. The van der Waals surface area contributed by atoms with Crippen molar-refractivity contribution in [2.75, 3.05) is 26.2 Å². The standard InChI is InChI=1S/C17H23N3O/c1-2-4-16(5-3-1)6-7-17-14-19(12-13-21-17)10-11-20-9-8-18-15-20/h1-5,8-9,15,17H,6-7,10-14H2. The maximum atomic E-state index is 5.91. The number of aromatic nitrogens is 2. The molecule has 0 N–H and O–H groups in total. The number of ether oxygens (including phenoxy) is 1. The van der Waals surface area contributed by atoms with Gasteiger partial charge >= 0.3 is 0 Å². The first kappa shape index (κ1) is 14.3. The van der Waals surface area contributed by atoms with Gasteiger partial charge < -0.3 is 9.30 Å². The minimum Gasteiger partial charge on any atom is -0.376 e. The largest absolute Gasteiger partial charge is 0.376 e. The van der Waals surface area contributed by atoms with Gasteiger partial charge in [0.2, 0.25) is 0 Å². The van der Waals surface area contributed by atoms with Crippen LogP contribution < -0.4 is 0 Å². The van der Waals surface area contributed by atoms with Crippen LogP contribution in [0.1, 0.15) is 12.0 Å². The zero-order valence-corrected chi connectivity index (χ0v) is 12.4. The topological polar surface area (TPSA) is 30.3 Å². The molecule has 0 saturated carbocycles. The average molecular weight is 285 g/mol. The zero-order valence-electron chi connectivity index (χ0n) is 12.4. The monoisotopic (exact) mass is 285 g/mol. The van der Waals surface area contributed by atoms with Crippen molar-refractivity contribution in [2.45, 2.75) is 25.5 Å². The highest BCUT2D eigenvalue weighted by Crippen LogP contribution is 2.12. The molecule has 4 nitrogen and oxygen atoms in total. The van der Waals surface area contributed by atoms with Gasteiger partial charge in [-0.3, -0.25) is 4.90 Å². The van der Waals surface area contributed by atoms with Gasteiger partial charge in [0.25, 0.3) is 0 Å². The second-order valence-electron chi connectivity index (χ2n) is 5.62. The number of nitrogens with zero attached hydrogens (tertiary/aromatic N) is 3. The Kier molecular flexibility index (Phi) is 5.03. The summed E-state index contributed by atoms with van der Waals surface area (Å²) in [6.07, 6.45) is 8.30. The minimum atomic E-state index is 0.363. The Hall–Kier alpha value is -1.65. The fraction of sp³-hybridized carbons (Fsp3) is 0.471. The summed E-state index contributed by atoms with van der Waals surface area (Å²) < 4.78 is 8.04. The van der Waals surface area contributed by atoms with Gasteiger partial charge in [0.15, 0.2) is 0 Å². The van der Waals surface area contributed by atoms with Crippen LogP contribution in [0.2, 0.25) is 0 Å². The summed E-state index contributed by atoms with van der Waals surface area (Å²) in [6, 6.07) is 10.7. The van der Waals surface area contributed by atoms with E-state index in [0.717, 1.165) is 45.6 Å². The second kappa shape index (κ2) is 7.38. The summed E-state index contributed by atoms with van der Waals surface area (Å²) in [5.74, 6) is 0. The smallest absolute Gasteiger partial charge is 0.0946 e. The highest BCUT2D eigenvalue weighted by atomic mass is 16.5. The van der Waals surface area contributed by atoms with Crippen LogP contribution >= 0.6 is 0 Å². The summed E-state index contributed by atoms with van der Waals surface area (Å²) >= 11 is 0. The molecule has 1 saturated heterocycles. The van der Waals surface area contributed by atoms with Crippen LogP contribution in [0, 0.1) is 0 Å². The molecule has 112 valence electrons. The van der Waals surface area contributed by atoms with Gasteiger partial charge in [-0.1, -0.05) is 30.3 Å². The normalized spacial score (nSPS) is 19.7. The highest BCUT2D eigenvalue weighted by molar-refractivity contribution is 5.14. The first-order valence-corrected chi connectivity index (χ1v) is 7.74. The number of rotatable bonds is 6. The molecular weight excluding hydrogens is 262 g/mol. The van der Waals surface area contributed by atoms with Crippen LogP contribution in [-0.4, -0.2) is 46.8 Å². The van der Waals surface area contributed by atoms with Crippen molar-refractivity contribution in [3.8, 4) is 0 Å². The summed E-state index contributed by atoms with van der Waals surface area (Å²) in [5.41, 5.74) is 1.40. The quantitative estimate of drug-likeness (QED) is 0.815. The fourth-order valence-corrected chi connectivity index (χ4v) is 2.81. The van der Waals surface area contributed by atoms with E-state index in [1.807, 2.05) is 18.7 Å². The number of morpholine rings is 1. The van der Waals surface area contributed by atoms with Crippen LogP contribution in [0.4, 0.5) is 0 Å². The number of aryl methyl sites for hydroxylation is 1. The van der Waals surface area contributed by atoms with E-state index in [4.69, 9.17) is 4.74 Å². The Morgan fingerprint density at radius 1 is 1.19 bits per heavy atom.